The number of halogens is 1. The molecule has 0 spiro atoms. The quantitative estimate of drug-likeness (QED) is 0.188. The molecule has 0 aliphatic carbocycles. The summed E-state index contributed by atoms with van der Waals surface area (Å²) in [5, 5.41) is 12.9. The largest absolute Gasteiger partial charge is 0.481 e. The van der Waals surface area contributed by atoms with Gasteiger partial charge in [-0.2, -0.15) is 0 Å². The monoisotopic (exact) mass is 653 g/mol. The van der Waals surface area contributed by atoms with Crippen LogP contribution in [0.2, 0.25) is 5.02 Å². The molecule has 1 heterocycles. The predicted molar refractivity (Wildman–Crippen MR) is 182 cm³/mol. The summed E-state index contributed by atoms with van der Waals surface area (Å²) in [6.45, 7) is 6.95. The van der Waals surface area contributed by atoms with E-state index >= 15 is 0 Å². The number of nitrogens with zero attached hydrogens (tertiary/aromatic N) is 2. The lowest BCUT2D eigenvalue weighted by atomic mass is 9.83. The lowest BCUT2D eigenvalue weighted by molar-refractivity contribution is -0.149. The van der Waals surface area contributed by atoms with Crippen LogP contribution in [0.5, 0.6) is 0 Å². The summed E-state index contributed by atoms with van der Waals surface area (Å²) in [4.78, 5) is 55.9. The number of ether oxygens (including phenoxy) is 1. The molecule has 0 saturated carbocycles. The van der Waals surface area contributed by atoms with Gasteiger partial charge in [0.2, 0.25) is 11.8 Å². The summed E-state index contributed by atoms with van der Waals surface area (Å²) >= 11 is 6.46. The minimum absolute atomic E-state index is 0.0762. The normalized spacial score (nSPS) is 16.4. The standard InChI is InChI=1S/C37H36ClN3O6/c1-36(2,3)47-35(46)39-22-24-12-17-29(18-13-24)41-30-19-16-28(38)20-31(30)40(33(44)37(4,34(41)45)21-32(42)43)23-25-10-14-27(15-11-25)26-8-6-5-7-9-26/h5-20H,21-23H2,1-4H3,(H,39,46)(H,42,43). The second-order valence-electron chi connectivity index (χ2n) is 12.7. The van der Waals surface area contributed by atoms with E-state index < -0.39 is 41.3 Å². The first-order valence-electron chi connectivity index (χ1n) is 15.1. The average Bonchev–Trinajstić information content (AvgIpc) is 3.08. The summed E-state index contributed by atoms with van der Waals surface area (Å²) in [5.74, 6) is -2.62. The third kappa shape index (κ3) is 7.47. The van der Waals surface area contributed by atoms with Gasteiger partial charge in [-0.25, -0.2) is 4.79 Å². The van der Waals surface area contributed by atoms with Crippen molar-refractivity contribution in [2.75, 3.05) is 9.80 Å². The first kappa shape index (κ1) is 33.2. The van der Waals surface area contributed by atoms with Crippen molar-refractivity contribution < 1.29 is 29.0 Å². The lowest BCUT2D eigenvalue weighted by Gasteiger charge is -2.31. The van der Waals surface area contributed by atoms with Crippen LogP contribution in [0.15, 0.2) is 97.1 Å². The molecular weight excluding hydrogens is 618 g/mol. The second kappa shape index (κ2) is 13.3. The zero-order chi connectivity index (χ0) is 33.9. The molecule has 1 aliphatic rings. The number of aliphatic carboxylic acids is 1. The van der Waals surface area contributed by atoms with Crippen molar-refractivity contribution in [2.45, 2.75) is 52.8 Å². The van der Waals surface area contributed by atoms with Crippen LogP contribution in [-0.2, 0) is 32.2 Å². The Morgan fingerprint density at radius 1 is 0.830 bits per heavy atom. The molecule has 5 rings (SSSR count). The van der Waals surface area contributed by atoms with Crippen LogP contribution < -0.4 is 15.1 Å². The highest BCUT2D eigenvalue weighted by atomic mass is 35.5. The molecule has 4 aromatic carbocycles. The van der Waals surface area contributed by atoms with Gasteiger partial charge in [0.25, 0.3) is 0 Å². The fourth-order valence-electron chi connectivity index (χ4n) is 5.49. The molecule has 0 bridgehead atoms. The van der Waals surface area contributed by atoms with E-state index in [9.17, 15) is 24.3 Å². The number of fused-ring (bicyclic) bond motifs is 1. The summed E-state index contributed by atoms with van der Waals surface area (Å²) in [7, 11) is 0. The molecule has 0 saturated heterocycles. The van der Waals surface area contributed by atoms with E-state index in [1.807, 2.05) is 54.6 Å². The van der Waals surface area contributed by atoms with Crippen molar-refractivity contribution in [2.24, 2.45) is 5.41 Å². The van der Waals surface area contributed by atoms with Crippen LogP contribution in [0.25, 0.3) is 11.1 Å². The number of carboxylic acids is 1. The van der Waals surface area contributed by atoms with E-state index in [1.54, 1.807) is 63.2 Å². The highest BCUT2D eigenvalue weighted by Crippen LogP contribution is 2.45. The van der Waals surface area contributed by atoms with Gasteiger partial charge in [-0.3, -0.25) is 19.3 Å². The number of carboxylic acid groups (broad SMARTS) is 1. The maximum atomic E-state index is 14.4. The van der Waals surface area contributed by atoms with Crippen molar-refractivity contribution in [3.63, 3.8) is 0 Å². The minimum Gasteiger partial charge on any atom is -0.481 e. The third-order valence-corrected chi connectivity index (χ3v) is 8.03. The molecule has 9 nitrogen and oxygen atoms in total. The number of hydrogen-bond acceptors (Lipinski definition) is 5. The Labute approximate surface area is 278 Å². The predicted octanol–water partition coefficient (Wildman–Crippen LogP) is 7.72. The zero-order valence-electron chi connectivity index (χ0n) is 26.6. The highest BCUT2D eigenvalue weighted by Gasteiger charge is 2.51. The first-order valence-corrected chi connectivity index (χ1v) is 15.5. The maximum absolute atomic E-state index is 14.4. The van der Waals surface area contributed by atoms with Gasteiger partial charge in [0, 0.05) is 17.3 Å². The van der Waals surface area contributed by atoms with Crippen LogP contribution in [0.3, 0.4) is 0 Å². The van der Waals surface area contributed by atoms with E-state index in [0.717, 1.165) is 22.3 Å². The Morgan fingerprint density at radius 2 is 1.45 bits per heavy atom. The lowest BCUT2D eigenvalue weighted by Crippen LogP contribution is -2.50. The number of alkyl carbamates (subject to hydrolysis) is 1. The van der Waals surface area contributed by atoms with Gasteiger partial charge in [-0.15, -0.1) is 0 Å². The molecule has 1 unspecified atom stereocenters. The summed E-state index contributed by atoms with van der Waals surface area (Å²) < 4.78 is 5.30. The number of anilines is 3. The molecule has 242 valence electrons. The topological polar surface area (TPSA) is 116 Å². The van der Waals surface area contributed by atoms with Crippen LogP contribution in [0.1, 0.15) is 45.2 Å². The van der Waals surface area contributed by atoms with Gasteiger partial charge in [-0.1, -0.05) is 78.3 Å². The van der Waals surface area contributed by atoms with E-state index in [4.69, 9.17) is 16.3 Å². The van der Waals surface area contributed by atoms with Crippen molar-refractivity contribution in [3.05, 3.63) is 113 Å². The van der Waals surface area contributed by atoms with E-state index in [0.29, 0.717) is 22.1 Å². The van der Waals surface area contributed by atoms with Crippen LogP contribution >= 0.6 is 11.6 Å². The van der Waals surface area contributed by atoms with Crippen molar-refractivity contribution in [3.8, 4) is 11.1 Å². The third-order valence-electron chi connectivity index (χ3n) is 7.80. The zero-order valence-corrected chi connectivity index (χ0v) is 27.4. The number of amides is 3. The minimum atomic E-state index is -1.95. The van der Waals surface area contributed by atoms with Crippen LogP contribution in [0.4, 0.5) is 21.9 Å². The number of hydrogen-bond donors (Lipinski definition) is 2. The summed E-state index contributed by atoms with van der Waals surface area (Å²) in [6.07, 6.45) is -1.28. The first-order chi connectivity index (χ1) is 22.2. The number of benzene rings is 4. The Kier molecular flexibility index (Phi) is 9.40. The molecule has 0 radical (unpaired) electrons. The maximum Gasteiger partial charge on any atom is 0.407 e. The molecule has 0 fully saturated rings. The Bertz CT molecular complexity index is 1800. The van der Waals surface area contributed by atoms with Gasteiger partial charge in [-0.05, 0) is 80.3 Å². The molecule has 47 heavy (non-hydrogen) atoms. The Balaban J connectivity index is 1.52. The molecule has 1 aliphatic heterocycles. The molecule has 2 N–H and O–H groups in total. The molecule has 3 amide bonds. The fourth-order valence-corrected chi connectivity index (χ4v) is 5.66. The van der Waals surface area contributed by atoms with Crippen molar-refractivity contribution in [1.29, 1.82) is 0 Å². The fraction of sp³-hybridized carbons (Fsp3) is 0.243. The number of rotatable bonds is 8. The molecule has 0 aromatic heterocycles. The van der Waals surface area contributed by atoms with Gasteiger partial charge >= 0.3 is 12.1 Å². The van der Waals surface area contributed by atoms with Crippen molar-refractivity contribution >= 4 is 52.5 Å². The molecule has 10 heteroatoms. The molecule has 4 aromatic rings. The van der Waals surface area contributed by atoms with Gasteiger partial charge in [0.1, 0.15) is 11.0 Å². The number of nitrogens with one attached hydrogen (secondary N) is 1. The van der Waals surface area contributed by atoms with Crippen LogP contribution in [0, 0.1) is 5.41 Å². The van der Waals surface area contributed by atoms with Gasteiger partial charge in [0.15, 0.2) is 0 Å². The smallest absolute Gasteiger partial charge is 0.407 e. The van der Waals surface area contributed by atoms with Crippen molar-refractivity contribution in [1.82, 2.24) is 5.32 Å². The molecule has 1 atom stereocenters. The van der Waals surface area contributed by atoms with E-state index in [-0.39, 0.29) is 13.1 Å². The second-order valence-corrected chi connectivity index (χ2v) is 13.1. The molecular formula is C37H36ClN3O6. The van der Waals surface area contributed by atoms with Gasteiger partial charge < -0.3 is 20.1 Å². The van der Waals surface area contributed by atoms with Gasteiger partial charge in [0.05, 0.1) is 24.3 Å². The average molecular weight is 654 g/mol. The Hall–Kier alpha value is -5.15. The van der Waals surface area contributed by atoms with E-state index in [1.165, 1.54) is 16.7 Å². The Morgan fingerprint density at radius 3 is 2.06 bits per heavy atom. The van der Waals surface area contributed by atoms with E-state index in [2.05, 4.69) is 5.32 Å². The number of carbonyl (C=O) groups excluding carboxylic acids is 3. The van der Waals surface area contributed by atoms with Crippen LogP contribution in [-0.4, -0.2) is 34.6 Å². The number of carbonyl (C=O) groups is 4. The SMILES string of the molecule is CC(C)(C)OC(=O)NCc1ccc(N2C(=O)C(C)(CC(=O)O)C(=O)N(Cc3ccc(-c4ccccc4)cc3)c3cc(Cl)ccc32)cc1. The highest BCUT2D eigenvalue weighted by molar-refractivity contribution is 6.32. The summed E-state index contributed by atoms with van der Waals surface area (Å²) in [5.41, 5.74) is 2.14. The summed E-state index contributed by atoms with van der Waals surface area (Å²) in [6, 6.07) is 29.3.